The molecule has 2 N–H and O–H groups in total. The Hall–Kier alpha value is 0.170. The minimum atomic E-state index is 0. The zero-order valence-electron chi connectivity index (χ0n) is 9.78. The van der Waals surface area contributed by atoms with Crippen LogP contribution < -0.4 is 10.6 Å². The van der Waals surface area contributed by atoms with E-state index >= 15 is 0 Å². The number of rotatable bonds is 3. The lowest BCUT2D eigenvalue weighted by Crippen LogP contribution is -2.51. The molecule has 2 saturated carbocycles. The highest BCUT2D eigenvalue weighted by atomic mass is 35.5. The van der Waals surface area contributed by atoms with E-state index in [0.29, 0.717) is 6.04 Å². The molecule has 1 aliphatic heterocycles. The Morgan fingerprint density at radius 2 is 2.00 bits per heavy atom. The quantitative estimate of drug-likeness (QED) is 0.788. The van der Waals surface area contributed by atoms with Crippen LogP contribution in [0.3, 0.4) is 0 Å². The molecule has 0 aromatic carbocycles. The molecule has 3 rings (SSSR count). The van der Waals surface area contributed by atoms with Gasteiger partial charge in [-0.25, -0.2) is 0 Å². The molecule has 3 nitrogen and oxygen atoms in total. The van der Waals surface area contributed by atoms with E-state index < -0.39 is 0 Å². The molecule has 0 bridgehead atoms. The first-order chi connectivity index (χ1) is 7.43. The first kappa shape index (κ1) is 12.6. The van der Waals surface area contributed by atoms with Crippen molar-refractivity contribution in [3.8, 4) is 0 Å². The summed E-state index contributed by atoms with van der Waals surface area (Å²) in [6, 6.07) is 2.22. The molecule has 3 fully saturated rings. The Kier molecular flexibility index (Phi) is 4.48. The fourth-order valence-electron chi connectivity index (χ4n) is 3.09. The van der Waals surface area contributed by atoms with E-state index in [1.165, 1.54) is 32.1 Å². The van der Waals surface area contributed by atoms with E-state index in [-0.39, 0.29) is 12.4 Å². The molecule has 3 unspecified atom stereocenters. The fraction of sp³-hybridized carbons (Fsp3) is 1.00. The normalized spacial score (nSPS) is 39.4. The third kappa shape index (κ3) is 2.89. The van der Waals surface area contributed by atoms with E-state index in [4.69, 9.17) is 4.74 Å². The average Bonchev–Trinajstić information content (AvgIpc) is 2.96. The molecule has 1 heterocycles. The maximum atomic E-state index is 5.57. The number of hydrogen-bond acceptors (Lipinski definition) is 3. The van der Waals surface area contributed by atoms with Crippen molar-refractivity contribution in [2.24, 2.45) is 5.92 Å². The Morgan fingerprint density at radius 1 is 1.12 bits per heavy atom. The van der Waals surface area contributed by atoms with Crippen molar-refractivity contribution in [3.05, 3.63) is 0 Å². The number of nitrogens with one attached hydrogen (secondary N) is 2. The Balaban J connectivity index is 0.000000963. The van der Waals surface area contributed by atoms with Crippen LogP contribution >= 0.6 is 12.4 Å². The van der Waals surface area contributed by atoms with Crippen molar-refractivity contribution in [3.63, 3.8) is 0 Å². The predicted molar refractivity (Wildman–Crippen MR) is 67.1 cm³/mol. The molecule has 1 saturated heterocycles. The summed E-state index contributed by atoms with van der Waals surface area (Å²) >= 11 is 0. The number of morpholine rings is 1. The summed E-state index contributed by atoms with van der Waals surface area (Å²) in [5, 5.41) is 7.42. The van der Waals surface area contributed by atoms with Gasteiger partial charge in [-0.15, -0.1) is 12.4 Å². The first-order valence-electron chi connectivity index (χ1n) is 6.50. The topological polar surface area (TPSA) is 33.3 Å². The third-order valence-electron chi connectivity index (χ3n) is 4.06. The van der Waals surface area contributed by atoms with Crippen LogP contribution in [-0.2, 0) is 4.74 Å². The SMILES string of the molecule is C1CC(NC2CC2)C(C2COCCN2)C1.Cl. The lowest BCUT2D eigenvalue weighted by atomic mass is 9.94. The Labute approximate surface area is 104 Å². The minimum absolute atomic E-state index is 0. The van der Waals surface area contributed by atoms with Crippen molar-refractivity contribution in [1.82, 2.24) is 10.6 Å². The van der Waals surface area contributed by atoms with E-state index in [1.54, 1.807) is 0 Å². The third-order valence-corrected chi connectivity index (χ3v) is 4.06. The van der Waals surface area contributed by atoms with E-state index in [1.807, 2.05) is 0 Å². The fourth-order valence-corrected chi connectivity index (χ4v) is 3.09. The van der Waals surface area contributed by atoms with Crippen molar-refractivity contribution in [2.75, 3.05) is 19.8 Å². The van der Waals surface area contributed by atoms with Gasteiger partial charge in [0.2, 0.25) is 0 Å². The van der Waals surface area contributed by atoms with Gasteiger partial charge in [-0.2, -0.15) is 0 Å². The van der Waals surface area contributed by atoms with E-state index in [9.17, 15) is 0 Å². The zero-order valence-corrected chi connectivity index (χ0v) is 10.6. The minimum Gasteiger partial charge on any atom is -0.379 e. The second kappa shape index (κ2) is 5.67. The first-order valence-corrected chi connectivity index (χ1v) is 6.50. The number of ether oxygens (including phenoxy) is 1. The van der Waals surface area contributed by atoms with E-state index in [2.05, 4.69) is 10.6 Å². The molecule has 3 aliphatic rings. The van der Waals surface area contributed by atoms with Crippen LogP contribution in [0.4, 0.5) is 0 Å². The van der Waals surface area contributed by atoms with Crippen LogP contribution in [0.25, 0.3) is 0 Å². The predicted octanol–water partition coefficient (Wildman–Crippen LogP) is 1.32. The molecular formula is C12H23ClN2O. The average molecular weight is 247 g/mol. The van der Waals surface area contributed by atoms with Crippen molar-refractivity contribution in [2.45, 2.75) is 50.2 Å². The van der Waals surface area contributed by atoms with Gasteiger partial charge < -0.3 is 15.4 Å². The standard InChI is InChI=1S/C12H22N2O.ClH/c1-2-10(12-8-15-7-6-13-12)11(3-1)14-9-4-5-9;/h9-14H,1-8H2;1H. The van der Waals surface area contributed by atoms with Gasteiger partial charge >= 0.3 is 0 Å². The van der Waals surface area contributed by atoms with Gasteiger partial charge in [0.1, 0.15) is 0 Å². The summed E-state index contributed by atoms with van der Waals surface area (Å²) in [7, 11) is 0. The van der Waals surface area contributed by atoms with Gasteiger partial charge in [-0.05, 0) is 31.6 Å². The lowest BCUT2D eigenvalue weighted by molar-refractivity contribution is 0.0524. The summed E-state index contributed by atoms with van der Waals surface area (Å²) < 4.78 is 5.57. The molecule has 94 valence electrons. The second-order valence-corrected chi connectivity index (χ2v) is 5.28. The maximum absolute atomic E-state index is 5.57. The highest BCUT2D eigenvalue weighted by molar-refractivity contribution is 5.85. The van der Waals surface area contributed by atoms with Crippen molar-refractivity contribution >= 4 is 12.4 Å². The van der Waals surface area contributed by atoms with Gasteiger partial charge in [0, 0.05) is 24.7 Å². The molecule has 0 spiro atoms. The largest absolute Gasteiger partial charge is 0.379 e. The molecule has 0 aromatic rings. The second-order valence-electron chi connectivity index (χ2n) is 5.28. The Morgan fingerprint density at radius 3 is 2.69 bits per heavy atom. The van der Waals surface area contributed by atoms with Crippen LogP contribution in [0.2, 0.25) is 0 Å². The smallest absolute Gasteiger partial charge is 0.0623 e. The summed E-state index contributed by atoms with van der Waals surface area (Å²) in [5.74, 6) is 0.811. The molecular weight excluding hydrogens is 224 g/mol. The van der Waals surface area contributed by atoms with Gasteiger partial charge in [-0.3, -0.25) is 0 Å². The maximum Gasteiger partial charge on any atom is 0.0623 e. The highest BCUT2D eigenvalue weighted by Crippen LogP contribution is 2.32. The Bertz CT molecular complexity index is 217. The number of hydrogen-bond donors (Lipinski definition) is 2. The van der Waals surface area contributed by atoms with Gasteiger partial charge in [0.15, 0.2) is 0 Å². The van der Waals surface area contributed by atoms with Crippen LogP contribution in [-0.4, -0.2) is 37.9 Å². The summed E-state index contributed by atoms with van der Waals surface area (Å²) in [6.07, 6.45) is 6.95. The van der Waals surface area contributed by atoms with Crippen LogP contribution in [0.5, 0.6) is 0 Å². The highest BCUT2D eigenvalue weighted by Gasteiger charge is 2.37. The molecule has 3 atom stereocenters. The summed E-state index contributed by atoms with van der Waals surface area (Å²) in [5.41, 5.74) is 0. The van der Waals surface area contributed by atoms with Crippen molar-refractivity contribution in [1.29, 1.82) is 0 Å². The van der Waals surface area contributed by atoms with Crippen LogP contribution in [0, 0.1) is 5.92 Å². The van der Waals surface area contributed by atoms with Crippen molar-refractivity contribution < 1.29 is 4.74 Å². The van der Waals surface area contributed by atoms with Crippen LogP contribution in [0.1, 0.15) is 32.1 Å². The van der Waals surface area contributed by atoms with Gasteiger partial charge in [0.25, 0.3) is 0 Å². The van der Waals surface area contributed by atoms with Gasteiger partial charge in [0.05, 0.1) is 13.2 Å². The molecule has 16 heavy (non-hydrogen) atoms. The van der Waals surface area contributed by atoms with E-state index in [0.717, 1.165) is 37.8 Å². The lowest BCUT2D eigenvalue weighted by Gasteiger charge is -2.33. The monoisotopic (exact) mass is 246 g/mol. The number of halogens is 1. The van der Waals surface area contributed by atoms with Gasteiger partial charge in [-0.1, -0.05) is 6.42 Å². The zero-order chi connectivity index (χ0) is 10.1. The molecule has 0 aromatic heterocycles. The molecule has 0 radical (unpaired) electrons. The summed E-state index contributed by atoms with van der Waals surface area (Å²) in [4.78, 5) is 0. The molecule has 4 heteroatoms. The summed E-state index contributed by atoms with van der Waals surface area (Å²) in [6.45, 7) is 2.86. The molecule has 2 aliphatic carbocycles. The van der Waals surface area contributed by atoms with Crippen LogP contribution in [0.15, 0.2) is 0 Å². The molecule has 0 amide bonds.